The smallest absolute Gasteiger partial charge is 0.428 e. The molecule has 1 aliphatic rings. The first kappa shape index (κ1) is 16.3. The van der Waals surface area contributed by atoms with E-state index in [1.54, 1.807) is 25.7 Å². The second-order valence-corrected chi connectivity index (χ2v) is 6.32. The Morgan fingerprint density at radius 3 is 2.96 bits per heavy atom. The third-order valence-corrected chi connectivity index (χ3v) is 4.45. The lowest BCUT2D eigenvalue weighted by molar-refractivity contribution is -0.115. The maximum Gasteiger partial charge on any atom is 0.466 e. The van der Waals surface area contributed by atoms with Crippen molar-refractivity contribution in [3.05, 3.63) is 66.0 Å². The Kier molecular flexibility index (Phi) is 4.14. The number of aromatic nitrogens is 1. The van der Waals surface area contributed by atoms with Crippen molar-refractivity contribution in [2.45, 2.75) is 6.42 Å². The molecule has 1 aromatic heterocycles. The van der Waals surface area contributed by atoms with Gasteiger partial charge in [-0.25, -0.2) is 0 Å². The zero-order valence-electron chi connectivity index (χ0n) is 14.3. The van der Waals surface area contributed by atoms with E-state index in [1.807, 2.05) is 42.5 Å². The molecule has 0 unspecified atom stereocenters. The number of fused-ring (bicyclic) bond motifs is 2. The second kappa shape index (κ2) is 6.61. The minimum Gasteiger partial charge on any atom is -0.428 e. The van der Waals surface area contributed by atoms with Crippen molar-refractivity contribution in [2.75, 3.05) is 12.4 Å². The van der Waals surface area contributed by atoms with Crippen LogP contribution in [0.2, 0.25) is 0 Å². The fourth-order valence-corrected chi connectivity index (χ4v) is 3.05. The Bertz CT molecular complexity index is 1020. The number of nitrogens with zero attached hydrogens (tertiary/aromatic N) is 3. The third kappa shape index (κ3) is 3.17. The molecule has 0 radical (unpaired) electrons. The molecule has 0 saturated heterocycles. The van der Waals surface area contributed by atoms with Crippen molar-refractivity contribution < 1.29 is 9.82 Å². The number of anilines is 1. The van der Waals surface area contributed by atoms with Crippen molar-refractivity contribution in [2.24, 2.45) is 5.10 Å². The molecule has 0 spiro atoms. The van der Waals surface area contributed by atoms with Gasteiger partial charge >= 0.3 is 7.05 Å². The summed E-state index contributed by atoms with van der Waals surface area (Å²) in [6.07, 6.45) is 5.47. The zero-order chi connectivity index (χ0) is 18.1. The number of carbonyl (C=O) groups is 1. The Labute approximate surface area is 151 Å². The number of hydrazone groups is 1. The van der Waals surface area contributed by atoms with Crippen LogP contribution in [0.25, 0.3) is 10.8 Å². The molecule has 0 atom stereocenters. The normalized spacial score (nSPS) is 13.0. The second-order valence-electron chi connectivity index (χ2n) is 6.32. The highest BCUT2D eigenvalue weighted by Crippen LogP contribution is 2.18. The van der Waals surface area contributed by atoms with Crippen LogP contribution in [0.4, 0.5) is 5.69 Å². The van der Waals surface area contributed by atoms with E-state index in [0.717, 1.165) is 33.0 Å². The fourth-order valence-electron chi connectivity index (χ4n) is 3.05. The third-order valence-electron chi connectivity index (χ3n) is 4.45. The first-order valence-corrected chi connectivity index (χ1v) is 8.31. The topological polar surface area (TPSA) is 77.8 Å². The first-order valence-electron chi connectivity index (χ1n) is 8.31. The highest BCUT2D eigenvalue weighted by atomic mass is 16.2. The van der Waals surface area contributed by atoms with Crippen LogP contribution in [0, 0.1) is 0 Å². The SMILES string of the molecule is CN1N=Cc2cc(CC(=O)Nc3ccc4cnccc4c3)ccc2B1O. The largest absolute Gasteiger partial charge is 0.466 e. The quantitative estimate of drug-likeness (QED) is 0.704. The van der Waals surface area contributed by atoms with E-state index in [0.29, 0.717) is 0 Å². The summed E-state index contributed by atoms with van der Waals surface area (Å²) < 4.78 is 0. The van der Waals surface area contributed by atoms with Crippen molar-refractivity contribution in [1.29, 1.82) is 0 Å². The minimum atomic E-state index is -0.759. The van der Waals surface area contributed by atoms with Gasteiger partial charge in [0.2, 0.25) is 5.91 Å². The molecule has 2 N–H and O–H groups in total. The van der Waals surface area contributed by atoms with Crippen LogP contribution in [0.15, 0.2) is 60.0 Å². The predicted molar refractivity (Wildman–Crippen MR) is 103 cm³/mol. The number of benzene rings is 2. The number of hydrogen-bond donors (Lipinski definition) is 2. The van der Waals surface area contributed by atoms with Gasteiger partial charge < -0.3 is 15.3 Å². The molecular formula is C19H17BN4O2. The summed E-state index contributed by atoms with van der Waals surface area (Å²) in [6.45, 7) is 0. The maximum atomic E-state index is 12.4. The van der Waals surface area contributed by atoms with Crippen molar-refractivity contribution in [3.8, 4) is 0 Å². The standard InChI is InChI=1S/C19H17BN4O2/c1-24-20(26)18-5-2-13(8-16(18)12-22-24)9-19(25)23-17-4-3-15-11-21-7-6-14(15)10-17/h2-8,10-12,26H,9H2,1H3,(H,23,25). The average Bonchev–Trinajstić information content (AvgIpc) is 2.64. The molecule has 4 rings (SSSR count). The Morgan fingerprint density at radius 1 is 1.19 bits per heavy atom. The van der Waals surface area contributed by atoms with E-state index < -0.39 is 7.05 Å². The zero-order valence-corrected chi connectivity index (χ0v) is 14.3. The monoisotopic (exact) mass is 344 g/mol. The van der Waals surface area contributed by atoms with Gasteiger partial charge in [0.1, 0.15) is 0 Å². The van der Waals surface area contributed by atoms with Gasteiger partial charge in [0.15, 0.2) is 0 Å². The molecule has 128 valence electrons. The summed E-state index contributed by atoms with van der Waals surface area (Å²) in [5.74, 6) is -0.0937. The number of rotatable bonds is 3. The summed E-state index contributed by atoms with van der Waals surface area (Å²) in [4.78, 5) is 18.0. The van der Waals surface area contributed by atoms with Gasteiger partial charge in [0, 0.05) is 30.5 Å². The summed E-state index contributed by atoms with van der Waals surface area (Å²) in [5.41, 5.74) is 3.24. The minimum absolute atomic E-state index is 0.0937. The molecular weight excluding hydrogens is 327 g/mol. The molecule has 2 aromatic carbocycles. The molecule has 0 bridgehead atoms. The van der Waals surface area contributed by atoms with Crippen molar-refractivity contribution >= 4 is 41.1 Å². The highest BCUT2D eigenvalue weighted by Gasteiger charge is 2.26. The van der Waals surface area contributed by atoms with Gasteiger partial charge in [-0.1, -0.05) is 18.2 Å². The number of pyridine rings is 1. The van der Waals surface area contributed by atoms with Gasteiger partial charge in [0.25, 0.3) is 0 Å². The Balaban J connectivity index is 1.49. The van der Waals surface area contributed by atoms with Crippen molar-refractivity contribution in [1.82, 2.24) is 9.90 Å². The van der Waals surface area contributed by atoms with Gasteiger partial charge in [-0.05, 0) is 46.2 Å². The molecule has 0 fully saturated rings. The van der Waals surface area contributed by atoms with Crippen LogP contribution >= 0.6 is 0 Å². The number of nitrogens with one attached hydrogen (secondary N) is 1. The number of carbonyl (C=O) groups excluding carboxylic acids is 1. The van der Waals surface area contributed by atoms with Crippen LogP contribution < -0.4 is 10.8 Å². The lowest BCUT2D eigenvalue weighted by Gasteiger charge is -2.22. The molecule has 1 amide bonds. The van der Waals surface area contributed by atoms with Crippen LogP contribution in [0.5, 0.6) is 0 Å². The first-order chi connectivity index (χ1) is 12.6. The van der Waals surface area contributed by atoms with Crippen LogP contribution in [0.3, 0.4) is 0 Å². The van der Waals surface area contributed by atoms with Crippen LogP contribution in [-0.4, -0.2) is 41.1 Å². The lowest BCUT2D eigenvalue weighted by Crippen LogP contribution is -2.47. The van der Waals surface area contributed by atoms with E-state index in [-0.39, 0.29) is 12.3 Å². The number of hydrogen-bond acceptors (Lipinski definition) is 5. The van der Waals surface area contributed by atoms with E-state index >= 15 is 0 Å². The lowest BCUT2D eigenvalue weighted by atomic mass is 9.70. The van der Waals surface area contributed by atoms with Gasteiger partial charge in [-0.15, -0.1) is 0 Å². The summed E-state index contributed by atoms with van der Waals surface area (Å²) in [5, 5.41) is 19.2. The van der Waals surface area contributed by atoms with Gasteiger partial charge in [0.05, 0.1) is 12.6 Å². The highest BCUT2D eigenvalue weighted by molar-refractivity contribution is 6.65. The van der Waals surface area contributed by atoms with E-state index in [2.05, 4.69) is 15.4 Å². The molecule has 2 heterocycles. The molecule has 6 nitrogen and oxygen atoms in total. The molecule has 3 aromatic rings. The number of amides is 1. The average molecular weight is 344 g/mol. The summed E-state index contributed by atoms with van der Waals surface area (Å²) in [6, 6.07) is 13.2. The maximum absolute atomic E-state index is 12.4. The van der Waals surface area contributed by atoms with Crippen LogP contribution in [-0.2, 0) is 11.2 Å². The molecule has 0 aliphatic carbocycles. The van der Waals surface area contributed by atoms with E-state index in [4.69, 9.17) is 0 Å². The summed E-state index contributed by atoms with van der Waals surface area (Å²) in [7, 11) is 0.954. The Hall–Kier alpha value is -3.19. The predicted octanol–water partition coefficient (Wildman–Crippen LogP) is 1.38. The van der Waals surface area contributed by atoms with Crippen molar-refractivity contribution in [3.63, 3.8) is 0 Å². The fraction of sp³-hybridized carbons (Fsp3) is 0.105. The molecule has 0 saturated carbocycles. The van der Waals surface area contributed by atoms with E-state index in [1.165, 1.54) is 4.92 Å². The van der Waals surface area contributed by atoms with Gasteiger partial charge in [-0.3, -0.25) is 9.78 Å². The Morgan fingerprint density at radius 2 is 2.08 bits per heavy atom. The van der Waals surface area contributed by atoms with Crippen LogP contribution in [0.1, 0.15) is 11.1 Å². The summed E-state index contributed by atoms with van der Waals surface area (Å²) >= 11 is 0. The van der Waals surface area contributed by atoms with Gasteiger partial charge in [-0.2, -0.15) is 5.10 Å². The molecule has 26 heavy (non-hydrogen) atoms. The molecule has 1 aliphatic heterocycles. The van der Waals surface area contributed by atoms with E-state index in [9.17, 15) is 9.82 Å². The molecule has 7 heteroatoms.